The summed E-state index contributed by atoms with van der Waals surface area (Å²) in [5.41, 5.74) is 1.62. The lowest BCUT2D eigenvalue weighted by molar-refractivity contribution is 0.102. The van der Waals surface area contributed by atoms with Gasteiger partial charge in [-0.2, -0.15) is 0 Å². The van der Waals surface area contributed by atoms with E-state index in [1.165, 1.54) is 18.6 Å². The number of carbonyl (C=O) groups is 1. The SMILES string of the molecule is O=C(Nc1ccc(OCc2ccccn2)nc1)c1cnc(Oc2ccccc2)nc1. The second kappa shape index (κ2) is 9.24. The Balaban J connectivity index is 1.32. The summed E-state index contributed by atoms with van der Waals surface area (Å²) in [6.45, 7) is 0.314. The number of aromatic nitrogens is 4. The van der Waals surface area contributed by atoms with Crippen LogP contribution in [-0.2, 0) is 6.61 Å². The van der Waals surface area contributed by atoms with E-state index in [0.29, 0.717) is 29.5 Å². The molecule has 8 heteroatoms. The van der Waals surface area contributed by atoms with Crippen LogP contribution in [0.4, 0.5) is 5.69 Å². The van der Waals surface area contributed by atoms with Gasteiger partial charge in [-0.3, -0.25) is 9.78 Å². The second-order valence-electron chi connectivity index (χ2n) is 6.12. The highest BCUT2D eigenvalue weighted by atomic mass is 16.5. The van der Waals surface area contributed by atoms with E-state index in [4.69, 9.17) is 9.47 Å². The average molecular weight is 399 g/mol. The molecule has 1 N–H and O–H groups in total. The van der Waals surface area contributed by atoms with Gasteiger partial charge < -0.3 is 14.8 Å². The number of nitrogens with zero attached hydrogens (tertiary/aromatic N) is 4. The number of hydrogen-bond acceptors (Lipinski definition) is 7. The molecule has 0 unspecified atom stereocenters. The van der Waals surface area contributed by atoms with Crippen molar-refractivity contribution in [1.29, 1.82) is 0 Å². The second-order valence-corrected chi connectivity index (χ2v) is 6.12. The molecule has 148 valence electrons. The van der Waals surface area contributed by atoms with E-state index in [-0.39, 0.29) is 11.9 Å². The van der Waals surface area contributed by atoms with Crippen molar-refractivity contribution in [1.82, 2.24) is 19.9 Å². The van der Waals surface area contributed by atoms with Crippen molar-refractivity contribution in [2.75, 3.05) is 5.32 Å². The highest BCUT2D eigenvalue weighted by Gasteiger charge is 2.09. The van der Waals surface area contributed by atoms with Gasteiger partial charge in [-0.15, -0.1) is 0 Å². The zero-order chi connectivity index (χ0) is 20.6. The van der Waals surface area contributed by atoms with Gasteiger partial charge in [0.1, 0.15) is 12.4 Å². The van der Waals surface area contributed by atoms with Gasteiger partial charge >= 0.3 is 6.01 Å². The highest BCUT2D eigenvalue weighted by molar-refractivity contribution is 6.03. The number of carbonyl (C=O) groups excluding carboxylic acids is 1. The van der Waals surface area contributed by atoms with Gasteiger partial charge in [0.2, 0.25) is 5.88 Å². The highest BCUT2D eigenvalue weighted by Crippen LogP contribution is 2.17. The summed E-state index contributed by atoms with van der Waals surface area (Å²) in [5.74, 6) is 0.695. The molecule has 4 rings (SSSR count). The van der Waals surface area contributed by atoms with Gasteiger partial charge in [0.25, 0.3) is 5.91 Å². The smallest absolute Gasteiger partial charge is 0.321 e. The van der Waals surface area contributed by atoms with Crippen LogP contribution in [0.2, 0.25) is 0 Å². The molecule has 0 aliphatic heterocycles. The topological polar surface area (TPSA) is 99.1 Å². The summed E-state index contributed by atoms with van der Waals surface area (Å²) in [5, 5.41) is 2.74. The van der Waals surface area contributed by atoms with Crippen molar-refractivity contribution in [3.63, 3.8) is 0 Å². The summed E-state index contributed by atoms with van der Waals surface area (Å²) in [4.78, 5) is 28.9. The maximum Gasteiger partial charge on any atom is 0.321 e. The van der Waals surface area contributed by atoms with Gasteiger partial charge in [0, 0.05) is 24.7 Å². The summed E-state index contributed by atoms with van der Waals surface area (Å²) in [6.07, 6.45) is 6.02. The van der Waals surface area contributed by atoms with Crippen LogP contribution >= 0.6 is 0 Å². The molecule has 0 aliphatic carbocycles. The van der Waals surface area contributed by atoms with E-state index >= 15 is 0 Å². The molecule has 30 heavy (non-hydrogen) atoms. The lowest BCUT2D eigenvalue weighted by Gasteiger charge is -2.08. The fraction of sp³-hybridized carbons (Fsp3) is 0.0455. The van der Waals surface area contributed by atoms with Crippen molar-refractivity contribution >= 4 is 11.6 Å². The van der Waals surface area contributed by atoms with Gasteiger partial charge in [0.05, 0.1) is 23.1 Å². The van der Waals surface area contributed by atoms with Crippen LogP contribution in [0.5, 0.6) is 17.6 Å². The first-order chi connectivity index (χ1) is 14.8. The quantitative estimate of drug-likeness (QED) is 0.503. The molecular weight excluding hydrogens is 382 g/mol. The first-order valence-corrected chi connectivity index (χ1v) is 9.11. The number of para-hydroxylation sites is 1. The predicted octanol–water partition coefficient (Wildman–Crippen LogP) is 3.89. The number of anilines is 1. The van der Waals surface area contributed by atoms with Gasteiger partial charge in [-0.1, -0.05) is 24.3 Å². The maximum absolute atomic E-state index is 12.4. The Morgan fingerprint density at radius 1 is 0.833 bits per heavy atom. The van der Waals surface area contributed by atoms with Gasteiger partial charge in [-0.05, 0) is 30.3 Å². The van der Waals surface area contributed by atoms with Crippen LogP contribution in [0, 0.1) is 0 Å². The zero-order valence-corrected chi connectivity index (χ0v) is 15.8. The summed E-state index contributed by atoms with van der Waals surface area (Å²) in [6, 6.07) is 18.3. The van der Waals surface area contributed by atoms with Crippen molar-refractivity contribution in [2.45, 2.75) is 6.61 Å². The van der Waals surface area contributed by atoms with Crippen molar-refractivity contribution in [2.24, 2.45) is 0 Å². The number of pyridine rings is 2. The first kappa shape index (κ1) is 19.0. The molecule has 0 saturated heterocycles. The monoisotopic (exact) mass is 399 g/mol. The Hall–Kier alpha value is -4.33. The van der Waals surface area contributed by atoms with Crippen LogP contribution in [0.3, 0.4) is 0 Å². The molecule has 1 amide bonds. The number of ether oxygens (including phenoxy) is 2. The van der Waals surface area contributed by atoms with Crippen molar-refractivity contribution in [3.8, 4) is 17.6 Å². The fourth-order valence-corrected chi connectivity index (χ4v) is 2.45. The van der Waals surface area contributed by atoms with Crippen molar-refractivity contribution < 1.29 is 14.3 Å². The Morgan fingerprint density at radius 3 is 2.33 bits per heavy atom. The first-order valence-electron chi connectivity index (χ1n) is 9.11. The van der Waals surface area contributed by atoms with Crippen molar-refractivity contribution in [3.05, 3.63) is 96.7 Å². The molecule has 0 saturated carbocycles. The van der Waals surface area contributed by atoms with Crippen LogP contribution in [-0.4, -0.2) is 25.8 Å². The largest absolute Gasteiger partial charge is 0.471 e. The van der Waals surface area contributed by atoms with Crippen LogP contribution in [0.15, 0.2) is 85.5 Å². The van der Waals surface area contributed by atoms with E-state index < -0.39 is 0 Å². The maximum atomic E-state index is 12.4. The summed E-state index contributed by atoms with van der Waals surface area (Å²) in [7, 11) is 0. The molecule has 8 nitrogen and oxygen atoms in total. The van der Waals surface area contributed by atoms with Crippen LogP contribution < -0.4 is 14.8 Å². The minimum Gasteiger partial charge on any atom is -0.471 e. The Morgan fingerprint density at radius 2 is 1.63 bits per heavy atom. The molecule has 0 atom stereocenters. The van der Waals surface area contributed by atoms with E-state index in [1.54, 1.807) is 30.5 Å². The summed E-state index contributed by atoms with van der Waals surface area (Å²) < 4.78 is 11.1. The van der Waals surface area contributed by atoms with Crippen LogP contribution in [0.25, 0.3) is 0 Å². The van der Waals surface area contributed by atoms with E-state index in [0.717, 1.165) is 5.69 Å². The number of amides is 1. The fourth-order valence-electron chi connectivity index (χ4n) is 2.45. The van der Waals surface area contributed by atoms with E-state index in [1.807, 2.05) is 36.4 Å². The Bertz CT molecular complexity index is 1090. The van der Waals surface area contributed by atoms with E-state index in [2.05, 4.69) is 25.3 Å². The Labute approximate surface area is 172 Å². The molecule has 0 aliphatic rings. The molecule has 0 bridgehead atoms. The molecule has 0 fully saturated rings. The molecular formula is C22H17N5O3. The normalized spacial score (nSPS) is 10.3. The number of hydrogen-bond donors (Lipinski definition) is 1. The number of benzene rings is 1. The molecule has 1 aromatic carbocycles. The van der Waals surface area contributed by atoms with Crippen LogP contribution in [0.1, 0.15) is 16.1 Å². The molecule has 0 spiro atoms. The lowest BCUT2D eigenvalue weighted by atomic mass is 10.3. The third-order valence-electron chi connectivity index (χ3n) is 3.93. The molecule has 3 aromatic heterocycles. The van der Waals surface area contributed by atoms with Gasteiger partial charge in [0.15, 0.2) is 0 Å². The third kappa shape index (κ3) is 5.14. The minimum absolute atomic E-state index is 0.161. The Kier molecular flexibility index (Phi) is 5.86. The minimum atomic E-state index is -0.356. The van der Waals surface area contributed by atoms with Gasteiger partial charge in [-0.25, -0.2) is 15.0 Å². The zero-order valence-electron chi connectivity index (χ0n) is 15.8. The molecule has 3 heterocycles. The third-order valence-corrected chi connectivity index (χ3v) is 3.93. The number of nitrogens with one attached hydrogen (secondary N) is 1. The lowest BCUT2D eigenvalue weighted by Crippen LogP contribution is -2.13. The summed E-state index contributed by atoms with van der Waals surface area (Å²) >= 11 is 0. The molecule has 0 radical (unpaired) electrons. The average Bonchev–Trinajstić information content (AvgIpc) is 2.80. The standard InChI is InChI=1S/C22H17N5O3/c28-21(16-12-25-22(26-13-16)30-19-7-2-1-3-8-19)27-17-9-10-20(24-14-17)29-15-18-6-4-5-11-23-18/h1-14H,15H2,(H,27,28). The molecule has 4 aromatic rings. The van der Waals surface area contributed by atoms with E-state index in [9.17, 15) is 4.79 Å². The number of rotatable bonds is 7. The predicted molar refractivity (Wildman–Crippen MR) is 109 cm³/mol.